The maximum Gasteiger partial charge on any atom is 0.328 e. The van der Waals surface area contributed by atoms with Crippen LogP contribution < -0.4 is 0 Å². The Morgan fingerprint density at radius 2 is 1.45 bits per heavy atom. The molecule has 0 spiro atoms. The minimum atomic E-state index is -0.914. The predicted octanol–water partition coefficient (Wildman–Crippen LogP) is 5.07. The summed E-state index contributed by atoms with van der Waals surface area (Å²) in [5, 5.41) is 16.2. The van der Waals surface area contributed by atoms with E-state index < -0.39 is 5.97 Å². The molecule has 0 amide bonds. The number of carbonyl (C=O) groups is 1. The molecule has 0 aliphatic rings. The highest BCUT2D eigenvalue weighted by atomic mass is 16.4. The summed E-state index contributed by atoms with van der Waals surface area (Å²) in [6, 6.07) is 18.9. The number of hydrogen-bond donors (Lipinski definition) is 1. The van der Waals surface area contributed by atoms with Gasteiger partial charge in [0.15, 0.2) is 0 Å². The summed E-state index contributed by atoms with van der Waals surface area (Å²) < 4.78 is 0. The van der Waals surface area contributed by atoms with Gasteiger partial charge in [0, 0.05) is 6.08 Å². The number of carboxylic acids is 1. The highest BCUT2D eigenvalue weighted by Crippen LogP contribution is 2.37. The molecule has 0 aliphatic carbocycles. The van der Waals surface area contributed by atoms with Crippen molar-refractivity contribution >= 4 is 43.9 Å². The second-order valence-corrected chi connectivity index (χ2v) is 5.63. The van der Waals surface area contributed by atoms with E-state index in [0.29, 0.717) is 0 Å². The molecule has 4 rings (SSSR count). The smallest absolute Gasteiger partial charge is 0.328 e. The van der Waals surface area contributed by atoms with Gasteiger partial charge in [-0.25, -0.2) is 4.79 Å². The van der Waals surface area contributed by atoms with Crippen molar-refractivity contribution in [2.24, 2.45) is 0 Å². The molecular formula is C20H14O2. The number of carboxylic acid groups (broad SMARTS) is 1. The van der Waals surface area contributed by atoms with Gasteiger partial charge in [0.25, 0.3) is 0 Å². The molecular weight excluding hydrogens is 272 g/mol. The van der Waals surface area contributed by atoms with Gasteiger partial charge in [-0.3, -0.25) is 0 Å². The number of aliphatic carboxylic acids is 1. The monoisotopic (exact) mass is 286 g/mol. The lowest BCUT2D eigenvalue weighted by molar-refractivity contribution is -0.131. The average Bonchev–Trinajstić information content (AvgIpc) is 2.51. The average molecular weight is 286 g/mol. The second-order valence-electron chi connectivity index (χ2n) is 5.63. The molecule has 22 heavy (non-hydrogen) atoms. The fourth-order valence-corrected chi connectivity index (χ4v) is 3.34. The van der Waals surface area contributed by atoms with Crippen molar-refractivity contribution in [2.45, 2.75) is 6.92 Å². The molecule has 106 valence electrons. The molecule has 0 unspecified atom stereocenters. The third-order valence-corrected chi connectivity index (χ3v) is 4.29. The lowest BCUT2D eigenvalue weighted by atomic mass is 9.90. The SMILES string of the molecule is C/C(=C\C(=O)O)c1ccc2ccc3cccc4ccc1c2c34. The van der Waals surface area contributed by atoms with Crippen molar-refractivity contribution < 1.29 is 9.90 Å². The molecule has 0 aromatic heterocycles. The summed E-state index contributed by atoms with van der Waals surface area (Å²) in [5.74, 6) is -0.914. The van der Waals surface area contributed by atoms with Crippen LogP contribution in [0.25, 0.3) is 37.9 Å². The van der Waals surface area contributed by atoms with E-state index in [-0.39, 0.29) is 0 Å². The summed E-state index contributed by atoms with van der Waals surface area (Å²) >= 11 is 0. The molecule has 0 fully saturated rings. The summed E-state index contributed by atoms with van der Waals surface area (Å²) in [4.78, 5) is 11.0. The van der Waals surface area contributed by atoms with Crippen molar-refractivity contribution in [3.63, 3.8) is 0 Å². The van der Waals surface area contributed by atoms with Gasteiger partial charge in [-0.2, -0.15) is 0 Å². The second kappa shape index (κ2) is 4.57. The van der Waals surface area contributed by atoms with E-state index in [1.807, 2.05) is 13.0 Å². The zero-order valence-electron chi connectivity index (χ0n) is 12.1. The van der Waals surface area contributed by atoms with Crippen molar-refractivity contribution in [1.82, 2.24) is 0 Å². The van der Waals surface area contributed by atoms with Crippen LogP contribution in [0.2, 0.25) is 0 Å². The topological polar surface area (TPSA) is 37.3 Å². The number of benzene rings is 4. The Morgan fingerprint density at radius 1 is 0.864 bits per heavy atom. The van der Waals surface area contributed by atoms with E-state index in [1.54, 1.807) is 0 Å². The van der Waals surface area contributed by atoms with Crippen LogP contribution in [0, 0.1) is 0 Å². The van der Waals surface area contributed by atoms with Gasteiger partial charge in [-0.05, 0) is 50.4 Å². The molecule has 0 bridgehead atoms. The first-order valence-electron chi connectivity index (χ1n) is 7.23. The van der Waals surface area contributed by atoms with E-state index in [9.17, 15) is 4.79 Å². The van der Waals surface area contributed by atoms with Gasteiger partial charge in [0.05, 0.1) is 0 Å². The Hall–Kier alpha value is -2.87. The number of hydrogen-bond acceptors (Lipinski definition) is 1. The van der Waals surface area contributed by atoms with Gasteiger partial charge >= 0.3 is 5.97 Å². The predicted molar refractivity (Wildman–Crippen MR) is 91.4 cm³/mol. The fraction of sp³-hybridized carbons (Fsp3) is 0.0500. The van der Waals surface area contributed by atoms with Crippen molar-refractivity contribution in [1.29, 1.82) is 0 Å². The standard InChI is InChI=1S/C20H14O2/c1-12(11-18(21)22)16-9-7-15-6-5-13-3-2-4-14-8-10-17(16)20(15)19(13)14/h2-11H,1H3,(H,21,22)/b12-11+. The van der Waals surface area contributed by atoms with Crippen LogP contribution in [-0.4, -0.2) is 11.1 Å². The van der Waals surface area contributed by atoms with E-state index in [4.69, 9.17) is 5.11 Å². The van der Waals surface area contributed by atoms with Gasteiger partial charge in [0.2, 0.25) is 0 Å². The molecule has 2 nitrogen and oxygen atoms in total. The van der Waals surface area contributed by atoms with Gasteiger partial charge < -0.3 is 5.11 Å². The maximum absolute atomic E-state index is 11.0. The highest BCUT2D eigenvalue weighted by Gasteiger charge is 2.11. The van der Waals surface area contributed by atoms with Crippen molar-refractivity contribution in [2.75, 3.05) is 0 Å². The van der Waals surface area contributed by atoms with Crippen molar-refractivity contribution in [3.8, 4) is 0 Å². The normalized spacial score (nSPS) is 12.5. The minimum Gasteiger partial charge on any atom is -0.478 e. The molecule has 0 radical (unpaired) electrons. The Balaban J connectivity index is 2.20. The highest BCUT2D eigenvalue weighted by molar-refractivity contribution is 6.24. The molecule has 0 aliphatic heterocycles. The summed E-state index contributed by atoms with van der Waals surface area (Å²) in [6.45, 7) is 1.85. The quantitative estimate of drug-likeness (QED) is 0.412. The zero-order valence-corrected chi connectivity index (χ0v) is 12.1. The number of rotatable bonds is 2. The molecule has 0 saturated heterocycles. The molecule has 0 heterocycles. The lowest BCUT2D eigenvalue weighted by Crippen LogP contribution is -1.92. The number of allylic oxidation sites excluding steroid dienone is 1. The van der Waals surface area contributed by atoms with E-state index in [2.05, 4.69) is 48.5 Å². The Morgan fingerprint density at radius 3 is 2.14 bits per heavy atom. The van der Waals surface area contributed by atoms with Crippen LogP contribution in [0.5, 0.6) is 0 Å². The van der Waals surface area contributed by atoms with Crippen LogP contribution in [0.15, 0.2) is 60.7 Å². The summed E-state index contributed by atoms with van der Waals surface area (Å²) in [5.41, 5.74) is 1.75. The summed E-state index contributed by atoms with van der Waals surface area (Å²) in [6.07, 6.45) is 1.27. The zero-order chi connectivity index (χ0) is 15.3. The molecule has 4 aromatic rings. The molecule has 0 atom stereocenters. The lowest BCUT2D eigenvalue weighted by Gasteiger charge is -2.14. The van der Waals surface area contributed by atoms with Crippen molar-refractivity contribution in [3.05, 3.63) is 66.2 Å². The van der Waals surface area contributed by atoms with E-state index in [1.165, 1.54) is 33.0 Å². The molecule has 1 N–H and O–H groups in total. The van der Waals surface area contributed by atoms with Crippen LogP contribution in [0.4, 0.5) is 0 Å². The Labute approximate surface area is 127 Å². The van der Waals surface area contributed by atoms with E-state index >= 15 is 0 Å². The Kier molecular flexibility index (Phi) is 2.67. The first-order valence-corrected chi connectivity index (χ1v) is 7.23. The van der Waals surface area contributed by atoms with Crippen LogP contribution in [0.1, 0.15) is 12.5 Å². The van der Waals surface area contributed by atoms with E-state index in [0.717, 1.165) is 16.5 Å². The first kappa shape index (κ1) is 12.8. The summed E-state index contributed by atoms with van der Waals surface area (Å²) in [7, 11) is 0. The van der Waals surface area contributed by atoms with Gasteiger partial charge in [0.1, 0.15) is 0 Å². The third-order valence-electron chi connectivity index (χ3n) is 4.29. The molecule has 2 heteroatoms. The van der Waals surface area contributed by atoms with Gasteiger partial charge in [-0.1, -0.05) is 54.6 Å². The molecule has 4 aromatic carbocycles. The largest absolute Gasteiger partial charge is 0.478 e. The maximum atomic E-state index is 11.0. The van der Waals surface area contributed by atoms with Gasteiger partial charge in [-0.15, -0.1) is 0 Å². The van der Waals surface area contributed by atoms with Crippen LogP contribution >= 0.6 is 0 Å². The first-order chi connectivity index (χ1) is 10.6. The minimum absolute atomic E-state index is 0.769. The fourth-order valence-electron chi connectivity index (χ4n) is 3.34. The molecule has 0 saturated carbocycles. The van der Waals surface area contributed by atoms with Crippen LogP contribution in [-0.2, 0) is 4.79 Å². The van der Waals surface area contributed by atoms with Crippen LogP contribution in [0.3, 0.4) is 0 Å². The Bertz CT molecular complexity index is 1040. The third kappa shape index (κ3) is 1.77.